The smallest absolute Gasteiger partial charge is 0.311 e. The Hall–Kier alpha value is -2.22. The van der Waals surface area contributed by atoms with Gasteiger partial charge in [0.05, 0.1) is 24.9 Å². The van der Waals surface area contributed by atoms with Gasteiger partial charge >= 0.3 is 5.97 Å². The van der Waals surface area contributed by atoms with Crippen LogP contribution in [0.4, 0.5) is 5.13 Å². The monoisotopic (exact) mass is 294 g/mol. The average Bonchev–Trinajstić information content (AvgIpc) is 2.95. The number of aromatic nitrogens is 3. The molecule has 8 heteroatoms. The van der Waals surface area contributed by atoms with Crippen molar-refractivity contribution >= 4 is 28.3 Å². The van der Waals surface area contributed by atoms with Gasteiger partial charge in [-0.05, 0) is 13.0 Å². The number of ether oxygens (including phenoxy) is 1. The maximum atomic E-state index is 12.0. The minimum Gasteiger partial charge on any atom is -0.469 e. The van der Waals surface area contributed by atoms with Gasteiger partial charge in [0.15, 0.2) is 5.13 Å². The fourth-order valence-electron chi connectivity index (χ4n) is 1.65. The first-order valence-electron chi connectivity index (χ1n) is 5.83. The molecular formula is C12H14N4O3S. The Morgan fingerprint density at radius 3 is 2.85 bits per heavy atom. The molecule has 2 aromatic rings. The Labute approximate surface area is 119 Å². The van der Waals surface area contributed by atoms with Crippen LogP contribution in [0.15, 0.2) is 11.4 Å². The van der Waals surface area contributed by atoms with Crippen molar-refractivity contribution in [2.75, 3.05) is 12.4 Å². The molecule has 1 N–H and O–H groups in total. The molecule has 0 atom stereocenters. The minimum absolute atomic E-state index is 0.0910. The molecule has 20 heavy (non-hydrogen) atoms. The molecule has 7 nitrogen and oxygen atoms in total. The van der Waals surface area contributed by atoms with Gasteiger partial charge in [-0.3, -0.25) is 19.6 Å². The molecule has 2 aromatic heterocycles. The van der Waals surface area contributed by atoms with E-state index in [9.17, 15) is 9.59 Å². The largest absolute Gasteiger partial charge is 0.469 e. The first-order valence-corrected chi connectivity index (χ1v) is 6.70. The molecule has 0 aliphatic heterocycles. The molecule has 0 fully saturated rings. The summed E-state index contributed by atoms with van der Waals surface area (Å²) in [6, 6.07) is 1.69. The summed E-state index contributed by atoms with van der Waals surface area (Å²) in [5.74, 6) is -0.650. The van der Waals surface area contributed by atoms with E-state index in [2.05, 4.69) is 20.1 Å². The lowest BCUT2D eigenvalue weighted by molar-refractivity contribution is -0.139. The number of hydrogen-bond acceptors (Lipinski definition) is 6. The second-order valence-corrected chi connectivity index (χ2v) is 5.00. The predicted molar refractivity (Wildman–Crippen MR) is 73.7 cm³/mol. The number of rotatable bonds is 4. The fourth-order valence-corrected chi connectivity index (χ4v) is 2.36. The summed E-state index contributed by atoms with van der Waals surface area (Å²) in [4.78, 5) is 27.3. The van der Waals surface area contributed by atoms with Crippen molar-refractivity contribution in [1.82, 2.24) is 14.8 Å². The van der Waals surface area contributed by atoms with Crippen molar-refractivity contribution in [1.29, 1.82) is 0 Å². The van der Waals surface area contributed by atoms with Gasteiger partial charge in [0, 0.05) is 12.4 Å². The van der Waals surface area contributed by atoms with Crippen LogP contribution in [0, 0.1) is 6.92 Å². The van der Waals surface area contributed by atoms with E-state index >= 15 is 0 Å². The van der Waals surface area contributed by atoms with Crippen molar-refractivity contribution in [3.05, 3.63) is 28.5 Å². The summed E-state index contributed by atoms with van der Waals surface area (Å²) in [5, 5.41) is 8.93. The molecular weight excluding hydrogens is 280 g/mol. The van der Waals surface area contributed by atoms with Gasteiger partial charge in [-0.1, -0.05) is 0 Å². The number of amides is 1. The van der Waals surface area contributed by atoms with Gasteiger partial charge in [-0.15, -0.1) is 11.3 Å². The molecule has 0 aliphatic carbocycles. The topological polar surface area (TPSA) is 86.1 Å². The zero-order valence-electron chi connectivity index (χ0n) is 11.3. The SMILES string of the molecule is COC(=O)Cc1csc(NC(=O)c2cc(C)nn2C)n1. The number of hydrogen-bond donors (Lipinski definition) is 1. The van der Waals surface area contributed by atoms with E-state index < -0.39 is 0 Å². The summed E-state index contributed by atoms with van der Waals surface area (Å²) in [5.41, 5.74) is 1.79. The maximum Gasteiger partial charge on any atom is 0.311 e. The van der Waals surface area contributed by atoms with E-state index in [1.54, 1.807) is 18.5 Å². The van der Waals surface area contributed by atoms with Crippen molar-refractivity contribution in [3.63, 3.8) is 0 Å². The van der Waals surface area contributed by atoms with Gasteiger partial charge in [-0.2, -0.15) is 5.10 Å². The first-order chi connectivity index (χ1) is 9.49. The normalized spacial score (nSPS) is 10.3. The number of methoxy groups -OCH3 is 1. The summed E-state index contributed by atoms with van der Waals surface area (Å²) in [6.45, 7) is 1.81. The molecule has 0 saturated carbocycles. The first kappa shape index (κ1) is 14.2. The fraction of sp³-hybridized carbons (Fsp3) is 0.333. The second-order valence-electron chi connectivity index (χ2n) is 4.15. The zero-order valence-corrected chi connectivity index (χ0v) is 12.2. The number of esters is 1. The Morgan fingerprint density at radius 1 is 1.50 bits per heavy atom. The van der Waals surface area contributed by atoms with Crippen LogP contribution >= 0.6 is 11.3 Å². The summed E-state index contributed by atoms with van der Waals surface area (Å²) < 4.78 is 6.07. The number of carbonyl (C=O) groups is 2. The van der Waals surface area contributed by atoms with Gasteiger partial charge < -0.3 is 4.74 Å². The molecule has 1 amide bonds. The van der Waals surface area contributed by atoms with Crippen LogP contribution in [0.3, 0.4) is 0 Å². The quantitative estimate of drug-likeness (QED) is 0.855. The highest BCUT2D eigenvalue weighted by atomic mass is 32.1. The molecule has 2 heterocycles. The van der Waals surface area contributed by atoms with E-state index in [-0.39, 0.29) is 18.3 Å². The molecule has 0 bridgehead atoms. The summed E-state index contributed by atoms with van der Waals surface area (Å²) >= 11 is 1.26. The minimum atomic E-state index is -0.365. The van der Waals surface area contributed by atoms with Gasteiger partial charge in [0.2, 0.25) is 0 Å². The van der Waals surface area contributed by atoms with Crippen LogP contribution in [-0.2, 0) is 23.0 Å². The third-order valence-electron chi connectivity index (χ3n) is 2.56. The van der Waals surface area contributed by atoms with Crippen LogP contribution in [-0.4, -0.2) is 33.8 Å². The molecule has 0 saturated heterocycles. The number of thiazole rings is 1. The summed E-state index contributed by atoms with van der Waals surface area (Å²) in [6.07, 6.45) is 0.0910. The lowest BCUT2D eigenvalue weighted by atomic mass is 10.3. The number of carbonyl (C=O) groups excluding carboxylic acids is 2. The summed E-state index contributed by atoms with van der Waals surface area (Å²) in [7, 11) is 3.02. The van der Waals surface area contributed by atoms with Crippen molar-refractivity contribution in [2.24, 2.45) is 7.05 Å². The molecule has 0 aromatic carbocycles. The van der Waals surface area contributed by atoms with E-state index in [0.29, 0.717) is 16.5 Å². The standard InChI is InChI=1S/C12H14N4O3S/c1-7-4-9(16(2)15-7)11(18)14-12-13-8(6-20-12)5-10(17)19-3/h4,6H,5H2,1-3H3,(H,13,14,18). The van der Waals surface area contributed by atoms with Crippen LogP contribution in [0.2, 0.25) is 0 Å². The van der Waals surface area contributed by atoms with Crippen LogP contribution in [0.5, 0.6) is 0 Å². The number of aryl methyl sites for hydroxylation is 2. The molecule has 0 aliphatic rings. The Morgan fingerprint density at radius 2 is 2.25 bits per heavy atom. The number of anilines is 1. The lowest BCUT2D eigenvalue weighted by Gasteiger charge is -2.01. The molecule has 0 radical (unpaired) electrons. The number of nitrogens with zero attached hydrogens (tertiary/aromatic N) is 3. The molecule has 0 spiro atoms. The van der Waals surface area contributed by atoms with Crippen molar-refractivity contribution < 1.29 is 14.3 Å². The molecule has 0 unspecified atom stereocenters. The van der Waals surface area contributed by atoms with Crippen molar-refractivity contribution in [2.45, 2.75) is 13.3 Å². The highest BCUT2D eigenvalue weighted by molar-refractivity contribution is 7.14. The van der Waals surface area contributed by atoms with Gasteiger partial charge in [0.25, 0.3) is 5.91 Å². The Balaban J connectivity index is 2.05. The van der Waals surface area contributed by atoms with Crippen LogP contribution in [0.25, 0.3) is 0 Å². The Kier molecular flexibility index (Phi) is 4.14. The average molecular weight is 294 g/mol. The van der Waals surface area contributed by atoms with Crippen LogP contribution in [0.1, 0.15) is 21.9 Å². The van der Waals surface area contributed by atoms with Gasteiger partial charge in [-0.25, -0.2) is 4.98 Å². The Bertz CT molecular complexity index is 647. The highest BCUT2D eigenvalue weighted by Gasteiger charge is 2.14. The highest BCUT2D eigenvalue weighted by Crippen LogP contribution is 2.17. The van der Waals surface area contributed by atoms with E-state index in [0.717, 1.165) is 5.69 Å². The maximum absolute atomic E-state index is 12.0. The molecule has 106 valence electrons. The van der Waals surface area contributed by atoms with E-state index in [4.69, 9.17) is 0 Å². The van der Waals surface area contributed by atoms with Crippen LogP contribution < -0.4 is 5.32 Å². The van der Waals surface area contributed by atoms with Gasteiger partial charge in [0.1, 0.15) is 5.69 Å². The number of nitrogens with one attached hydrogen (secondary N) is 1. The molecule has 2 rings (SSSR count). The zero-order chi connectivity index (χ0) is 14.7. The van der Waals surface area contributed by atoms with E-state index in [1.807, 2.05) is 6.92 Å². The second kappa shape index (κ2) is 5.83. The predicted octanol–water partition coefficient (Wildman–Crippen LogP) is 1.15. The third-order valence-corrected chi connectivity index (χ3v) is 3.37. The lowest BCUT2D eigenvalue weighted by Crippen LogP contribution is -2.16. The van der Waals surface area contributed by atoms with E-state index in [1.165, 1.54) is 23.1 Å². The third kappa shape index (κ3) is 3.21. The van der Waals surface area contributed by atoms with Crippen molar-refractivity contribution in [3.8, 4) is 0 Å².